The van der Waals surface area contributed by atoms with Crippen LogP contribution in [0.2, 0.25) is 0 Å². The number of aliphatic imine (C=N–C) groups is 1. The highest BCUT2D eigenvalue weighted by atomic mass is 16.5. The number of nitrogens with one attached hydrogen (secondary N) is 1. The Balaban J connectivity index is 2.75. The maximum Gasteiger partial charge on any atom is 0.202 e. The van der Waals surface area contributed by atoms with Crippen LogP contribution >= 0.6 is 0 Å². The molecule has 0 saturated heterocycles. The van der Waals surface area contributed by atoms with Gasteiger partial charge in [-0.3, -0.25) is 5.06 Å². The van der Waals surface area contributed by atoms with Crippen LogP contribution in [0.3, 0.4) is 0 Å². The van der Waals surface area contributed by atoms with Gasteiger partial charge in [0.15, 0.2) is 0 Å². The van der Waals surface area contributed by atoms with Crippen LogP contribution in [0.4, 0.5) is 0 Å². The van der Waals surface area contributed by atoms with Crippen LogP contribution in [-0.4, -0.2) is 5.84 Å². The van der Waals surface area contributed by atoms with E-state index >= 15 is 0 Å². The molecule has 1 aliphatic rings. The number of amidine groups is 1. The van der Waals surface area contributed by atoms with E-state index in [0.29, 0.717) is 5.84 Å². The maximum atomic E-state index is 10.7. The van der Waals surface area contributed by atoms with Gasteiger partial charge in [-0.1, -0.05) is 0 Å². The molecule has 0 aromatic heterocycles. The number of allylic oxidation sites excluding steroid dienone is 1. The summed E-state index contributed by atoms with van der Waals surface area (Å²) in [5.74, 6) is 0.600. The van der Waals surface area contributed by atoms with Crippen LogP contribution in [0.1, 0.15) is 13.8 Å². The Morgan fingerprint density at radius 1 is 1.62 bits per heavy atom. The molecule has 1 N–H and O–H groups in total. The summed E-state index contributed by atoms with van der Waals surface area (Å²) in [6.07, 6.45) is 1.59. The second kappa shape index (κ2) is 1.69. The third-order valence-corrected chi connectivity index (χ3v) is 1.14. The summed E-state index contributed by atoms with van der Waals surface area (Å²) in [6, 6.07) is 0. The molecule has 44 valence electrons. The first kappa shape index (κ1) is 5.47. The zero-order valence-corrected chi connectivity index (χ0v) is 4.93. The molecule has 1 unspecified atom stereocenters. The lowest BCUT2D eigenvalue weighted by atomic mass is 10.5. The largest absolute Gasteiger partial charge is 0.623 e. The van der Waals surface area contributed by atoms with Crippen LogP contribution in [0.5, 0.6) is 0 Å². The zero-order chi connectivity index (χ0) is 6.15. The van der Waals surface area contributed by atoms with Crippen LogP contribution in [0, 0.1) is 5.21 Å². The fourth-order valence-corrected chi connectivity index (χ4v) is 0.596. The van der Waals surface area contributed by atoms with Crippen LogP contribution < -0.4 is 5.06 Å². The van der Waals surface area contributed by atoms with Crippen LogP contribution in [-0.2, 0) is 0 Å². The van der Waals surface area contributed by atoms with E-state index < -0.39 is 0 Å². The highest BCUT2D eigenvalue weighted by Gasteiger charge is 2.09. The van der Waals surface area contributed by atoms with Gasteiger partial charge in [-0.15, -0.1) is 0 Å². The van der Waals surface area contributed by atoms with E-state index in [1.807, 2.05) is 0 Å². The van der Waals surface area contributed by atoms with Gasteiger partial charge in [0.1, 0.15) is 5.70 Å². The molecule has 8 heavy (non-hydrogen) atoms. The van der Waals surface area contributed by atoms with Crippen molar-refractivity contribution in [1.29, 1.82) is 0 Å². The number of hydrogen-bond donors (Lipinski definition) is 1. The van der Waals surface area contributed by atoms with Gasteiger partial charge in [0.05, 0.1) is 6.20 Å². The highest BCUT2D eigenvalue weighted by Crippen LogP contribution is 1.88. The number of nitrogens with zero attached hydrogens (tertiary/aromatic N) is 1. The lowest BCUT2D eigenvalue weighted by Gasteiger charge is -2.14. The van der Waals surface area contributed by atoms with E-state index in [4.69, 9.17) is 0 Å². The van der Waals surface area contributed by atoms with Crippen molar-refractivity contribution in [3.8, 4) is 0 Å². The van der Waals surface area contributed by atoms with Gasteiger partial charge in [-0.05, 0) is 0 Å². The lowest BCUT2D eigenvalue weighted by molar-refractivity contribution is -0.698. The first-order valence-electron chi connectivity index (χ1n) is 2.47. The average Bonchev–Trinajstić information content (AvgIpc) is 1.98. The van der Waals surface area contributed by atoms with Gasteiger partial charge < -0.3 is 5.21 Å². The summed E-state index contributed by atoms with van der Waals surface area (Å²) in [5, 5.41) is 10.8. The first-order chi connectivity index (χ1) is 3.72. The molecule has 0 aromatic carbocycles. The van der Waals surface area contributed by atoms with Crippen molar-refractivity contribution in [2.75, 3.05) is 0 Å². The van der Waals surface area contributed by atoms with Crippen molar-refractivity contribution in [2.24, 2.45) is 4.99 Å². The lowest BCUT2D eigenvalue weighted by Crippen LogP contribution is -3.06. The van der Waals surface area contributed by atoms with Gasteiger partial charge in [0, 0.05) is 13.8 Å². The molecule has 1 atom stereocenters. The van der Waals surface area contributed by atoms with Crippen molar-refractivity contribution in [3.05, 3.63) is 17.1 Å². The number of hydrogen-bond acceptors (Lipinski definition) is 2. The molecule has 0 spiro atoms. The third-order valence-electron chi connectivity index (χ3n) is 1.14. The van der Waals surface area contributed by atoms with Crippen molar-refractivity contribution < 1.29 is 5.06 Å². The standard InChI is InChI=1S/C5H8N2O/c1-4-3-6-5(2)7(4)8/h3,7H,1-2H3. The van der Waals surface area contributed by atoms with E-state index in [1.54, 1.807) is 20.0 Å². The summed E-state index contributed by atoms with van der Waals surface area (Å²) in [6.45, 7) is 3.48. The summed E-state index contributed by atoms with van der Waals surface area (Å²) in [4.78, 5) is 3.80. The second-order valence-corrected chi connectivity index (χ2v) is 1.86. The molecule has 0 radical (unpaired) electrons. The summed E-state index contributed by atoms with van der Waals surface area (Å²) in [5.41, 5.74) is 0.738. The van der Waals surface area contributed by atoms with E-state index in [-0.39, 0.29) is 5.06 Å². The molecule has 3 nitrogen and oxygen atoms in total. The predicted molar refractivity (Wildman–Crippen MR) is 31.2 cm³/mol. The SMILES string of the molecule is CC1=CN=C(C)[NH+]1[O-]. The summed E-state index contributed by atoms with van der Waals surface area (Å²) >= 11 is 0. The normalized spacial score (nSPS) is 27.6. The second-order valence-electron chi connectivity index (χ2n) is 1.86. The predicted octanol–water partition coefficient (Wildman–Crippen LogP) is -0.338. The molecule has 0 aromatic rings. The van der Waals surface area contributed by atoms with Crippen LogP contribution in [0.25, 0.3) is 0 Å². The average molecular weight is 112 g/mol. The smallest absolute Gasteiger partial charge is 0.202 e. The van der Waals surface area contributed by atoms with Gasteiger partial charge in [0.2, 0.25) is 5.84 Å². The Bertz CT molecular complexity index is 142. The number of hydroxylamine groups is 2. The highest BCUT2D eigenvalue weighted by molar-refractivity contribution is 5.73. The van der Waals surface area contributed by atoms with Gasteiger partial charge >= 0.3 is 0 Å². The monoisotopic (exact) mass is 112 g/mol. The van der Waals surface area contributed by atoms with E-state index in [2.05, 4.69) is 4.99 Å². The molecule has 0 fully saturated rings. The van der Waals surface area contributed by atoms with Crippen molar-refractivity contribution in [1.82, 2.24) is 0 Å². The van der Waals surface area contributed by atoms with Gasteiger partial charge in [-0.25, -0.2) is 4.99 Å². The molecule has 0 bridgehead atoms. The Labute approximate surface area is 47.9 Å². The van der Waals surface area contributed by atoms with Gasteiger partial charge in [0.25, 0.3) is 0 Å². The minimum Gasteiger partial charge on any atom is -0.623 e. The van der Waals surface area contributed by atoms with Crippen molar-refractivity contribution in [3.63, 3.8) is 0 Å². The molecule has 1 aliphatic heterocycles. The van der Waals surface area contributed by atoms with E-state index in [9.17, 15) is 5.21 Å². The molecule has 0 saturated carbocycles. The fraction of sp³-hybridized carbons (Fsp3) is 0.400. The Morgan fingerprint density at radius 2 is 2.25 bits per heavy atom. The fourth-order valence-electron chi connectivity index (χ4n) is 0.596. The maximum absolute atomic E-state index is 10.7. The topological polar surface area (TPSA) is 39.9 Å². The quantitative estimate of drug-likeness (QED) is 0.428. The first-order valence-corrected chi connectivity index (χ1v) is 2.47. The Morgan fingerprint density at radius 3 is 2.38 bits per heavy atom. The minimum absolute atomic E-state index is 0.0741. The summed E-state index contributed by atoms with van der Waals surface area (Å²) < 4.78 is 0. The van der Waals surface area contributed by atoms with Crippen molar-refractivity contribution >= 4 is 5.84 Å². The third kappa shape index (κ3) is 0.657. The molecule has 0 amide bonds. The van der Waals surface area contributed by atoms with Crippen molar-refractivity contribution in [2.45, 2.75) is 13.8 Å². The molecule has 1 heterocycles. The zero-order valence-electron chi connectivity index (χ0n) is 4.93. The Kier molecular flexibility index (Phi) is 1.15. The number of rotatable bonds is 0. The molecule has 1 rings (SSSR count). The molecular weight excluding hydrogens is 104 g/mol. The van der Waals surface area contributed by atoms with Gasteiger partial charge in [-0.2, -0.15) is 0 Å². The molecular formula is C5H8N2O. The molecule has 0 aliphatic carbocycles. The number of quaternary nitrogens is 1. The van der Waals surface area contributed by atoms with E-state index in [1.165, 1.54) is 0 Å². The Hall–Kier alpha value is -0.670. The molecule has 3 heteroatoms. The van der Waals surface area contributed by atoms with E-state index in [0.717, 1.165) is 5.70 Å². The van der Waals surface area contributed by atoms with Crippen LogP contribution in [0.15, 0.2) is 16.9 Å². The summed E-state index contributed by atoms with van der Waals surface area (Å²) in [7, 11) is 0. The minimum atomic E-state index is 0.0741.